The van der Waals surface area contributed by atoms with Gasteiger partial charge < -0.3 is 9.47 Å². The van der Waals surface area contributed by atoms with Gasteiger partial charge in [0.25, 0.3) is 0 Å². The van der Waals surface area contributed by atoms with Crippen LogP contribution in [-0.2, 0) is 28.9 Å². The van der Waals surface area contributed by atoms with Crippen LogP contribution in [0, 0.1) is 6.92 Å². The fourth-order valence-corrected chi connectivity index (χ4v) is 5.48. The molecule has 0 aliphatic carbocycles. The van der Waals surface area contributed by atoms with E-state index in [0.717, 1.165) is 58.7 Å². The summed E-state index contributed by atoms with van der Waals surface area (Å²) in [6, 6.07) is 26.9. The van der Waals surface area contributed by atoms with Crippen LogP contribution >= 0.6 is 0 Å². The second kappa shape index (κ2) is 17.1. The molecule has 4 rings (SSSR count). The van der Waals surface area contributed by atoms with E-state index in [1.807, 2.05) is 91.9 Å². The summed E-state index contributed by atoms with van der Waals surface area (Å²) in [6.07, 6.45) is 11.8. The van der Waals surface area contributed by atoms with Crippen LogP contribution < -0.4 is 9.47 Å². The van der Waals surface area contributed by atoms with E-state index in [1.165, 1.54) is 16.7 Å². The summed E-state index contributed by atoms with van der Waals surface area (Å²) in [5, 5.41) is 1.48. The van der Waals surface area contributed by atoms with Gasteiger partial charge in [-0.15, -0.1) is 0 Å². The lowest BCUT2D eigenvalue weighted by molar-refractivity contribution is -0.134. The van der Waals surface area contributed by atoms with E-state index in [1.54, 1.807) is 0 Å². The molecule has 0 heterocycles. The van der Waals surface area contributed by atoms with Crippen LogP contribution in [0.25, 0.3) is 10.8 Å². The molecule has 0 saturated carbocycles. The average Bonchev–Trinajstić information content (AvgIpc) is 3.03. The molecule has 0 radical (unpaired) electrons. The molecular weight excluding hydrogens is 568 g/mol. The van der Waals surface area contributed by atoms with Gasteiger partial charge in [0.15, 0.2) is 0 Å². The maximum atomic E-state index is 13.3. The summed E-state index contributed by atoms with van der Waals surface area (Å²) in [4.78, 5) is 26.4. The average molecular weight is 615 g/mol. The Morgan fingerprint density at radius 1 is 0.587 bits per heavy atom. The minimum atomic E-state index is -0.335. The number of allylic oxidation sites excluding steroid dienone is 6. The first-order chi connectivity index (χ1) is 22.2. The lowest BCUT2D eigenvalue weighted by Crippen LogP contribution is -2.15. The molecule has 4 heteroatoms. The lowest BCUT2D eigenvalue weighted by Gasteiger charge is -2.20. The third-order valence-corrected chi connectivity index (χ3v) is 8.08. The molecule has 0 saturated heterocycles. The standard InChI is InChI=1S/C42H46O4/c1-30(2)16-14-17-31(3)18-15-19-32(4)26-27-36-33(5)41(45-39(43)28-34-20-8-6-9-21-34)37-24-12-13-25-38(37)42(36)46-40(44)29-35-22-10-7-11-23-35/h6-13,16,18,20-26H,14-15,17,19,27-29H2,1-5H3/b31-18+,32-26+. The predicted molar refractivity (Wildman–Crippen MR) is 189 cm³/mol. The monoisotopic (exact) mass is 614 g/mol. The summed E-state index contributed by atoms with van der Waals surface area (Å²) in [7, 11) is 0. The number of esters is 2. The van der Waals surface area contributed by atoms with Gasteiger partial charge in [-0.25, -0.2) is 0 Å². The lowest BCUT2D eigenvalue weighted by atomic mass is 9.95. The zero-order chi connectivity index (χ0) is 32.9. The van der Waals surface area contributed by atoms with Crippen molar-refractivity contribution >= 4 is 22.7 Å². The Labute approximate surface area is 274 Å². The van der Waals surface area contributed by atoms with Crippen molar-refractivity contribution in [3.8, 4) is 11.5 Å². The van der Waals surface area contributed by atoms with Crippen molar-refractivity contribution in [3.63, 3.8) is 0 Å². The topological polar surface area (TPSA) is 52.6 Å². The normalized spacial score (nSPS) is 11.8. The van der Waals surface area contributed by atoms with Crippen molar-refractivity contribution < 1.29 is 19.1 Å². The molecule has 0 amide bonds. The Bertz CT molecular complexity index is 1720. The van der Waals surface area contributed by atoms with Crippen LogP contribution in [-0.4, -0.2) is 11.9 Å². The number of carbonyl (C=O) groups excluding carboxylic acids is 2. The van der Waals surface area contributed by atoms with Crippen LogP contribution in [0.1, 0.15) is 75.6 Å². The van der Waals surface area contributed by atoms with Gasteiger partial charge in [-0.2, -0.15) is 0 Å². The third kappa shape index (κ3) is 10.2. The molecule has 0 bridgehead atoms. The first kappa shape index (κ1) is 34.2. The summed E-state index contributed by atoms with van der Waals surface area (Å²) in [5.74, 6) is 0.365. The maximum Gasteiger partial charge on any atom is 0.315 e. The Balaban J connectivity index is 1.64. The molecule has 0 atom stereocenters. The van der Waals surface area contributed by atoms with Gasteiger partial charge in [0, 0.05) is 16.3 Å². The number of benzene rings is 4. The zero-order valence-corrected chi connectivity index (χ0v) is 27.9. The molecule has 0 N–H and O–H groups in total. The number of fused-ring (bicyclic) bond motifs is 1. The Kier molecular flexibility index (Phi) is 12.7. The van der Waals surface area contributed by atoms with E-state index in [9.17, 15) is 9.59 Å². The highest BCUT2D eigenvalue weighted by atomic mass is 16.5. The molecule has 0 fully saturated rings. The molecular formula is C42H46O4. The van der Waals surface area contributed by atoms with Gasteiger partial charge in [-0.3, -0.25) is 9.59 Å². The number of hydrogen-bond acceptors (Lipinski definition) is 4. The van der Waals surface area contributed by atoms with Crippen LogP contribution in [0.3, 0.4) is 0 Å². The fraction of sp³-hybridized carbons (Fsp3) is 0.286. The maximum absolute atomic E-state index is 13.3. The summed E-state index contributed by atoms with van der Waals surface area (Å²) < 4.78 is 12.3. The highest BCUT2D eigenvalue weighted by Gasteiger charge is 2.22. The van der Waals surface area contributed by atoms with E-state index in [0.29, 0.717) is 17.9 Å². The second-order valence-corrected chi connectivity index (χ2v) is 12.2. The molecule has 238 valence electrons. The largest absolute Gasteiger partial charge is 0.425 e. The van der Waals surface area contributed by atoms with E-state index in [2.05, 4.69) is 45.9 Å². The molecule has 0 spiro atoms. The van der Waals surface area contributed by atoms with Crippen molar-refractivity contribution in [2.24, 2.45) is 0 Å². The summed E-state index contributed by atoms with van der Waals surface area (Å²) in [6.45, 7) is 10.6. The van der Waals surface area contributed by atoms with Crippen LogP contribution in [0.5, 0.6) is 11.5 Å². The smallest absolute Gasteiger partial charge is 0.315 e. The van der Waals surface area contributed by atoms with Crippen molar-refractivity contribution in [1.82, 2.24) is 0 Å². The Morgan fingerprint density at radius 2 is 1.04 bits per heavy atom. The Morgan fingerprint density at radius 3 is 1.59 bits per heavy atom. The second-order valence-electron chi connectivity index (χ2n) is 12.2. The van der Waals surface area contributed by atoms with Gasteiger partial charge in [-0.05, 0) is 83.4 Å². The van der Waals surface area contributed by atoms with E-state index < -0.39 is 0 Å². The Hall–Kier alpha value is -4.70. The molecule has 0 aliphatic heterocycles. The predicted octanol–water partition coefficient (Wildman–Crippen LogP) is 10.4. The van der Waals surface area contributed by atoms with Gasteiger partial charge in [-0.1, -0.05) is 120 Å². The molecule has 4 aromatic rings. The highest BCUT2D eigenvalue weighted by Crippen LogP contribution is 2.41. The number of carbonyl (C=O) groups is 2. The van der Waals surface area contributed by atoms with E-state index in [-0.39, 0.29) is 24.8 Å². The minimum absolute atomic E-state index is 0.162. The molecule has 4 aromatic carbocycles. The molecule has 0 unspecified atom stereocenters. The minimum Gasteiger partial charge on any atom is -0.425 e. The zero-order valence-electron chi connectivity index (χ0n) is 27.9. The van der Waals surface area contributed by atoms with E-state index >= 15 is 0 Å². The van der Waals surface area contributed by atoms with Crippen LogP contribution in [0.2, 0.25) is 0 Å². The van der Waals surface area contributed by atoms with Crippen molar-refractivity contribution in [2.45, 2.75) is 79.6 Å². The third-order valence-electron chi connectivity index (χ3n) is 8.08. The van der Waals surface area contributed by atoms with Crippen LogP contribution in [0.4, 0.5) is 0 Å². The summed E-state index contributed by atoms with van der Waals surface area (Å²) >= 11 is 0. The quantitative estimate of drug-likeness (QED) is 0.0806. The first-order valence-corrected chi connectivity index (χ1v) is 16.2. The number of ether oxygens (including phenoxy) is 2. The van der Waals surface area contributed by atoms with Gasteiger partial charge >= 0.3 is 11.9 Å². The van der Waals surface area contributed by atoms with Crippen molar-refractivity contribution in [1.29, 1.82) is 0 Å². The number of hydrogen-bond donors (Lipinski definition) is 0. The van der Waals surface area contributed by atoms with Gasteiger partial charge in [0.2, 0.25) is 0 Å². The van der Waals surface area contributed by atoms with E-state index in [4.69, 9.17) is 9.47 Å². The van der Waals surface area contributed by atoms with Gasteiger partial charge in [0.1, 0.15) is 11.5 Å². The van der Waals surface area contributed by atoms with Crippen molar-refractivity contribution in [2.75, 3.05) is 0 Å². The molecule has 0 aromatic heterocycles. The highest BCUT2D eigenvalue weighted by molar-refractivity contribution is 5.99. The molecule has 0 aliphatic rings. The number of rotatable bonds is 14. The molecule has 4 nitrogen and oxygen atoms in total. The summed E-state index contributed by atoms with van der Waals surface area (Å²) in [5.41, 5.74) is 7.43. The fourth-order valence-electron chi connectivity index (χ4n) is 5.48. The van der Waals surface area contributed by atoms with Crippen LogP contribution in [0.15, 0.2) is 120 Å². The first-order valence-electron chi connectivity index (χ1n) is 16.2. The van der Waals surface area contributed by atoms with Crippen molar-refractivity contribution in [3.05, 3.63) is 142 Å². The SMILES string of the molecule is CC(C)=CCC/C(C)=C/CC/C(C)=C/Cc1c(C)c(OC(=O)Cc2ccccc2)c2ccccc2c1OC(=O)Cc1ccccc1. The molecule has 46 heavy (non-hydrogen) atoms. The van der Waals surface area contributed by atoms with Gasteiger partial charge in [0.05, 0.1) is 12.8 Å².